The molecule has 0 bridgehead atoms. The highest BCUT2D eigenvalue weighted by molar-refractivity contribution is 5.89. The molecule has 3 nitrogen and oxygen atoms in total. The van der Waals surface area contributed by atoms with Crippen LogP contribution in [0.15, 0.2) is 30.3 Å². The minimum absolute atomic E-state index is 0.226. The molecule has 2 atom stereocenters. The van der Waals surface area contributed by atoms with E-state index in [1.807, 2.05) is 32.0 Å². The lowest BCUT2D eigenvalue weighted by Crippen LogP contribution is -2.40. The Labute approximate surface area is 114 Å². The number of carbonyl (C=O) groups is 1. The van der Waals surface area contributed by atoms with Gasteiger partial charge in [-0.2, -0.15) is 0 Å². The summed E-state index contributed by atoms with van der Waals surface area (Å²) in [6.45, 7) is 3.88. The Kier molecular flexibility index (Phi) is 4.25. The topological polar surface area (TPSA) is 46.5 Å². The van der Waals surface area contributed by atoms with Crippen LogP contribution in [0.1, 0.15) is 49.9 Å². The van der Waals surface area contributed by atoms with E-state index in [0.29, 0.717) is 5.56 Å². The van der Waals surface area contributed by atoms with E-state index in [1.54, 1.807) is 12.1 Å². The molecule has 0 aliphatic heterocycles. The zero-order chi connectivity index (χ0) is 13.9. The summed E-state index contributed by atoms with van der Waals surface area (Å²) < 4.78 is 5.66. The highest BCUT2D eigenvalue weighted by Gasteiger charge is 2.36. The molecule has 0 spiro atoms. The molecule has 2 rings (SSSR count). The van der Waals surface area contributed by atoms with E-state index in [1.165, 1.54) is 0 Å². The Balaban J connectivity index is 2.02. The fourth-order valence-electron chi connectivity index (χ4n) is 2.75. The van der Waals surface area contributed by atoms with Gasteiger partial charge < -0.3 is 9.84 Å². The number of hydrogen-bond donors (Lipinski definition) is 1. The normalized spacial score (nSPS) is 23.9. The molecule has 1 aromatic carbocycles. The molecule has 1 saturated carbocycles. The predicted molar refractivity (Wildman–Crippen MR) is 73.9 cm³/mol. The SMILES string of the molecule is CC(C)(OC(=O)c1ccccc1)C1CCCC(O)C1. The van der Waals surface area contributed by atoms with Crippen LogP contribution in [0.5, 0.6) is 0 Å². The molecular weight excluding hydrogens is 240 g/mol. The van der Waals surface area contributed by atoms with Gasteiger partial charge in [0.1, 0.15) is 5.60 Å². The summed E-state index contributed by atoms with van der Waals surface area (Å²) in [6.07, 6.45) is 3.33. The van der Waals surface area contributed by atoms with Gasteiger partial charge in [-0.15, -0.1) is 0 Å². The molecule has 0 saturated heterocycles. The lowest BCUT2D eigenvalue weighted by Gasteiger charge is -2.38. The van der Waals surface area contributed by atoms with E-state index in [2.05, 4.69) is 0 Å². The average Bonchev–Trinajstić information content (AvgIpc) is 2.39. The lowest BCUT2D eigenvalue weighted by molar-refractivity contribution is -0.0537. The third kappa shape index (κ3) is 3.57. The van der Waals surface area contributed by atoms with E-state index in [-0.39, 0.29) is 18.0 Å². The summed E-state index contributed by atoms with van der Waals surface area (Å²) in [6, 6.07) is 9.05. The fourth-order valence-corrected chi connectivity index (χ4v) is 2.75. The Morgan fingerprint density at radius 1 is 1.26 bits per heavy atom. The predicted octanol–water partition coefficient (Wildman–Crippen LogP) is 3.17. The fraction of sp³-hybridized carbons (Fsp3) is 0.562. The second kappa shape index (κ2) is 5.74. The first-order valence-corrected chi connectivity index (χ1v) is 6.95. The van der Waals surface area contributed by atoms with Crippen LogP contribution in [0.3, 0.4) is 0 Å². The molecule has 2 unspecified atom stereocenters. The molecule has 3 heteroatoms. The number of carbonyl (C=O) groups excluding carboxylic acids is 1. The molecule has 1 aliphatic carbocycles. The average molecular weight is 262 g/mol. The van der Waals surface area contributed by atoms with Crippen molar-refractivity contribution in [3.63, 3.8) is 0 Å². The molecule has 0 amide bonds. The summed E-state index contributed by atoms with van der Waals surface area (Å²) >= 11 is 0. The maximum Gasteiger partial charge on any atom is 0.338 e. The van der Waals surface area contributed by atoms with Gasteiger partial charge in [0.15, 0.2) is 0 Å². The van der Waals surface area contributed by atoms with Gasteiger partial charge in [-0.1, -0.05) is 24.6 Å². The number of ether oxygens (including phenoxy) is 1. The third-order valence-corrected chi connectivity index (χ3v) is 3.99. The van der Waals surface area contributed by atoms with Crippen molar-refractivity contribution in [2.45, 2.75) is 51.2 Å². The number of benzene rings is 1. The number of rotatable bonds is 3. The standard InChI is InChI=1S/C16H22O3/c1-16(2,13-9-6-10-14(17)11-13)19-15(18)12-7-4-3-5-8-12/h3-5,7-8,13-14,17H,6,9-11H2,1-2H3. The van der Waals surface area contributed by atoms with E-state index in [4.69, 9.17) is 4.74 Å². The van der Waals surface area contributed by atoms with E-state index < -0.39 is 5.60 Å². The van der Waals surface area contributed by atoms with Gasteiger partial charge in [0.25, 0.3) is 0 Å². The van der Waals surface area contributed by atoms with Crippen LogP contribution in [-0.4, -0.2) is 22.8 Å². The van der Waals surface area contributed by atoms with Gasteiger partial charge in [-0.25, -0.2) is 4.79 Å². The van der Waals surface area contributed by atoms with Crippen LogP contribution in [0.2, 0.25) is 0 Å². The maximum atomic E-state index is 12.1. The number of esters is 1. The van der Waals surface area contributed by atoms with E-state index in [0.717, 1.165) is 25.7 Å². The van der Waals surface area contributed by atoms with Crippen LogP contribution in [0.25, 0.3) is 0 Å². The van der Waals surface area contributed by atoms with Crippen LogP contribution >= 0.6 is 0 Å². The molecule has 19 heavy (non-hydrogen) atoms. The second-order valence-corrected chi connectivity index (χ2v) is 5.88. The van der Waals surface area contributed by atoms with Crippen molar-refractivity contribution >= 4 is 5.97 Å². The molecular formula is C16H22O3. The van der Waals surface area contributed by atoms with Crippen molar-refractivity contribution in [1.29, 1.82) is 0 Å². The first-order chi connectivity index (χ1) is 8.99. The molecule has 0 radical (unpaired) electrons. The summed E-state index contributed by atoms with van der Waals surface area (Å²) in [7, 11) is 0. The Morgan fingerprint density at radius 2 is 1.95 bits per heavy atom. The van der Waals surface area contributed by atoms with Gasteiger partial charge in [-0.3, -0.25) is 0 Å². The van der Waals surface area contributed by atoms with Gasteiger partial charge in [-0.05, 0) is 45.2 Å². The molecule has 1 fully saturated rings. The van der Waals surface area contributed by atoms with Crippen LogP contribution < -0.4 is 0 Å². The largest absolute Gasteiger partial charge is 0.456 e. The zero-order valence-corrected chi connectivity index (χ0v) is 11.6. The lowest BCUT2D eigenvalue weighted by atomic mass is 9.77. The van der Waals surface area contributed by atoms with Crippen molar-refractivity contribution < 1.29 is 14.6 Å². The molecule has 1 N–H and O–H groups in total. The first-order valence-electron chi connectivity index (χ1n) is 6.95. The summed E-state index contributed by atoms with van der Waals surface area (Å²) in [5, 5.41) is 9.75. The third-order valence-electron chi connectivity index (χ3n) is 3.99. The first kappa shape index (κ1) is 14.1. The quantitative estimate of drug-likeness (QED) is 0.851. The van der Waals surface area contributed by atoms with Crippen molar-refractivity contribution in [3.05, 3.63) is 35.9 Å². The Hall–Kier alpha value is -1.35. The van der Waals surface area contributed by atoms with E-state index >= 15 is 0 Å². The summed E-state index contributed by atoms with van der Waals surface area (Å²) in [5.74, 6) is -0.0606. The van der Waals surface area contributed by atoms with Crippen LogP contribution in [-0.2, 0) is 4.74 Å². The number of aliphatic hydroxyl groups excluding tert-OH is 1. The van der Waals surface area contributed by atoms with Gasteiger partial charge >= 0.3 is 5.97 Å². The highest BCUT2D eigenvalue weighted by Crippen LogP contribution is 2.35. The highest BCUT2D eigenvalue weighted by atomic mass is 16.6. The zero-order valence-electron chi connectivity index (χ0n) is 11.6. The van der Waals surface area contributed by atoms with Crippen LogP contribution in [0.4, 0.5) is 0 Å². The number of hydrogen-bond acceptors (Lipinski definition) is 3. The second-order valence-electron chi connectivity index (χ2n) is 5.88. The summed E-state index contributed by atoms with van der Waals surface area (Å²) in [4.78, 5) is 12.1. The van der Waals surface area contributed by atoms with Crippen LogP contribution in [0, 0.1) is 5.92 Å². The minimum Gasteiger partial charge on any atom is -0.456 e. The molecule has 1 aromatic rings. The molecule has 1 aliphatic rings. The monoisotopic (exact) mass is 262 g/mol. The van der Waals surface area contributed by atoms with Crippen molar-refractivity contribution in [2.24, 2.45) is 5.92 Å². The minimum atomic E-state index is -0.533. The maximum absolute atomic E-state index is 12.1. The van der Waals surface area contributed by atoms with Gasteiger partial charge in [0.2, 0.25) is 0 Å². The molecule has 0 aromatic heterocycles. The summed E-state index contributed by atoms with van der Waals surface area (Å²) in [5.41, 5.74) is 0.0425. The van der Waals surface area contributed by atoms with Gasteiger partial charge in [0.05, 0.1) is 11.7 Å². The number of aliphatic hydroxyl groups is 1. The van der Waals surface area contributed by atoms with Crippen molar-refractivity contribution in [3.8, 4) is 0 Å². The van der Waals surface area contributed by atoms with E-state index in [9.17, 15) is 9.90 Å². The molecule has 0 heterocycles. The molecule has 104 valence electrons. The van der Waals surface area contributed by atoms with Crippen molar-refractivity contribution in [1.82, 2.24) is 0 Å². The van der Waals surface area contributed by atoms with Gasteiger partial charge in [0, 0.05) is 5.92 Å². The smallest absolute Gasteiger partial charge is 0.338 e. The Morgan fingerprint density at radius 3 is 2.58 bits per heavy atom. The van der Waals surface area contributed by atoms with Crippen molar-refractivity contribution in [2.75, 3.05) is 0 Å². The Bertz CT molecular complexity index is 425.